The van der Waals surface area contributed by atoms with E-state index in [9.17, 15) is 10.4 Å². The minimum absolute atomic E-state index is 0.569. The van der Waals surface area contributed by atoms with Crippen molar-refractivity contribution in [2.24, 2.45) is 5.41 Å². The van der Waals surface area contributed by atoms with Crippen LogP contribution in [0.15, 0.2) is 22.7 Å². The average molecular weight is 294 g/mol. The van der Waals surface area contributed by atoms with E-state index in [0.29, 0.717) is 0 Å². The van der Waals surface area contributed by atoms with E-state index in [1.165, 1.54) is 0 Å². The van der Waals surface area contributed by atoms with Crippen LogP contribution in [0.3, 0.4) is 0 Å². The van der Waals surface area contributed by atoms with Crippen molar-refractivity contribution in [3.05, 3.63) is 33.8 Å². The van der Waals surface area contributed by atoms with Gasteiger partial charge >= 0.3 is 0 Å². The molecule has 0 heterocycles. The SMILES string of the molecule is Cc1cc(C(O)C2(C#N)CCCC2)ccc1Br. The van der Waals surface area contributed by atoms with E-state index in [0.717, 1.165) is 41.3 Å². The molecule has 0 bridgehead atoms. The number of rotatable bonds is 2. The molecule has 0 radical (unpaired) electrons. The molecule has 1 aromatic rings. The van der Waals surface area contributed by atoms with Gasteiger partial charge in [-0.1, -0.05) is 40.9 Å². The van der Waals surface area contributed by atoms with Gasteiger partial charge in [0.05, 0.1) is 17.6 Å². The number of hydrogen-bond acceptors (Lipinski definition) is 2. The largest absolute Gasteiger partial charge is 0.387 e. The summed E-state index contributed by atoms with van der Waals surface area (Å²) in [6.07, 6.45) is 3.03. The lowest BCUT2D eigenvalue weighted by molar-refractivity contribution is 0.0670. The van der Waals surface area contributed by atoms with Crippen LogP contribution in [0.2, 0.25) is 0 Å². The average Bonchev–Trinajstić information content (AvgIpc) is 2.81. The highest BCUT2D eigenvalue weighted by molar-refractivity contribution is 9.10. The number of hydrogen-bond donors (Lipinski definition) is 1. The summed E-state index contributed by atoms with van der Waals surface area (Å²) in [5.74, 6) is 0. The summed E-state index contributed by atoms with van der Waals surface area (Å²) in [5.41, 5.74) is 1.38. The molecule has 0 saturated heterocycles. The zero-order valence-corrected chi connectivity index (χ0v) is 11.5. The van der Waals surface area contributed by atoms with E-state index in [4.69, 9.17) is 0 Å². The maximum Gasteiger partial charge on any atom is 0.0976 e. The van der Waals surface area contributed by atoms with Crippen molar-refractivity contribution in [2.45, 2.75) is 38.7 Å². The Hall–Kier alpha value is -0.850. The number of halogens is 1. The summed E-state index contributed by atoms with van der Waals surface area (Å²) < 4.78 is 1.03. The van der Waals surface area contributed by atoms with E-state index in [1.54, 1.807) is 0 Å². The zero-order chi connectivity index (χ0) is 12.5. The normalized spacial score (nSPS) is 19.9. The third-order valence-corrected chi connectivity index (χ3v) is 4.63. The Morgan fingerprint density at radius 1 is 1.41 bits per heavy atom. The predicted octanol–water partition coefficient (Wildman–Crippen LogP) is 3.87. The highest BCUT2D eigenvalue weighted by Gasteiger charge is 2.41. The number of nitriles is 1. The first-order valence-corrected chi connectivity index (χ1v) is 6.74. The standard InChI is InChI=1S/C14H16BrNO/c1-10-8-11(4-5-12(10)15)13(17)14(9-16)6-2-3-7-14/h4-5,8,13,17H,2-3,6-7H2,1H3. The van der Waals surface area contributed by atoms with Gasteiger partial charge in [-0.05, 0) is 37.0 Å². The monoisotopic (exact) mass is 293 g/mol. The van der Waals surface area contributed by atoms with E-state index in [-0.39, 0.29) is 0 Å². The molecule has 0 amide bonds. The van der Waals surface area contributed by atoms with Crippen LogP contribution in [-0.2, 0) is 0 Å². The van der Waals surface area contributed by atoms with Crippen LogP contribution < -0.4 is 0 Å². The van der Waals surface area contributed by atoms with Gasteiger partial charge in [0.25, 0.3) is 0 Å². The van der Waals surface area contributed by atoms with Crippen molar-refractivity contribution in [1.29, 1.82) is 5.26 Å². The lowest BCUT2D eigenvalue weighted by Crippen LogP contribution is -2.24. The van der Waals surface area contributed by atoms with Crippen molar-refractivity contribution < 1.29 is 5.11 Å². The highest BCUT2D eigenvalue weighted by Crippen LogP contribution is 2.47. The predicted molar refractivity (Wildman–Crippen MR) is 70.4 cm³/mol. The summed E-state index contributed by atoms with van der Waals surface area (Å²) in [6, 6.07) is 8.15. The van der Waals surface area contributed by atoms with Crippen LogP contribution in [0, 0.1) is 23.7 Å². The lowest BCUT2D eigenvalue weighted by Gasteiger charge is -2.27. The van der Waals surface area contributed by atoms with Crippen LogP contribution in [-0.4, -0.2) is 5.11 Å². The molecule has 0 spiro atoms. The second-order valence-electron chi connectivity index (χ2n) is 4.89. The number of aryl methyl sites for hydroxylation is 1. The first kappa shape index (κ1) is 12.6. The van der Waals surface area contributed by atoms with Gasteiger partial charge in [-0.25, -0.2) is 0 Å². The Balaban J connectivity index is 2.33. The van der Waals surface area contributed by atoms with Gasteiger partial charge in [0.2, 0.25) is 0 Å². The van der Waals surface area contributed by atoms with Crippen LogP contribution in [0.25, 0.3) is 0 Å². The summed E-state index contributed by atoms with van der Waals surface area (Å²) in [5, 5.41) is 19.8. The van der Waals surface area contributed by atoms with Gasteiger partial charge in [-0.3, -0.25) is 0 Å². The summed E-state index contributed by atoms with van der Waals surface area (Å²) in [6.45, 7) is 1.99. The first-order valence-electron chi connectivity index (χ1n) is 5.94. The van der Waals surface area contributed by atoms with E-state index >= 15 is 0 Å². The van der Waals surface area contributed by atoms with Gasteiger partial charge in [0.15, 0.2) is 0 Å². The first-order chi connectivity index (χ1) is 8.09. The van der Waals surface area contributed by atoms with E-state index in [2.05, 4.69) is 22.0 Å². The molecule has 1 aliphatic rings. The molecular weight excluding hydrogens is 278 g/mol. The highest BCUT2D eigenvalue weighted by atomic mass is 79.9. The molecule has 17 heavy (non-hydrogen) atoms. The molecule has 1 fully saturated rings. The molecule has 3 heteroatoms. The minimum atomic E-state index is -0.665. The molecule has 1 N–H and O–H groups in total. The van der Waals surface area contributed by atoms with E-state index in [1.807, 2.05) is 25.1 Å². The zero-order valence-electron chi connectivity index (χ0n) is 9.91. The minimum Gasteiger partial charge on any atom is -0.387 e. The van der Waals surface area contributed by atoms with Gasteiger partial charge in [0, 0.05) is 4.47 Å². The second-order valence-corrected chi connectivity index (χ2v) is 5.74. The molecular formula is C14H16BrNO. The third-order valence-electron chi connectivity index (χ3n) is 3.74. The maximum absolute atomic E-state index is 10.4. The Morgan fingerprint density at radius 3 is 2.59 bits per heavy atom. The van der Waals surface area contributed by atoms with Crippen LogP contribution in [0.5, 0.6) is 0 Å². The van der Waals surface area contributed by atoms with E-state index < -0.39 is 11.5 Å². The smallest absolute Gasteiger partial charge is 0.0976 e. The number of nitrogens with zero attached hydrogens (tertiary/aromatic N) is 1. The second kappa shape index (κ2) is 4.80. The van der Waals surface area contributed by atoms with Crippen molar-refractivity contribution >= 4 is 15.9 Å². The molecule has 0 aliphatic heterocycles. The van der Waals surface area contributed by atoms with Crippen LogP contribution in [0.1, 0.15) is 42.9 Å². The van der Waals surface area contributed by atoms with Crippen molar-refractivity contribution in [3.8, 4) is 6.07 Å². The van der Waals surface area contributed by atoms with Crippen LogP contribution >= 0.6 is 15.9 Å². The number of aliphatic hydroxyl groups excluding tert-OH is 1. The molecule has 1 saturated carbocycles. The summed E-state index contributed by atoms with van der Waals surface area (Å²) in [4.78, 5) is 0. The fourth-order valence-electron chi connectivity index (χ4n) is 2.61. The summed E-state index contributed by atoms with van der Waals surface area (Å²) in [7, 11) is 0. The molecule has 2 nitrogen and oxygen atoms in total. The molecule has 1 aliphatic carbocycles. The fraction of sp³-hybridized carbons (Fsp3) is 0.500. The van der Waals surface area contributed by atoms with Gasteiger partial charge in [-0.2, -0.15) is 5.26 Å². The summed E-state index contributed by atoms with van der Waals surface area (Å²) >= 11 is 3.45. The van der Waals surface area contributed by atoms with Crippen molar-refractivity contribution in [1.82, 2.24) is 0 Å². The maximum atomic E-state index is 10.4. The Bertz CT molecular complexity index is 458. The lowest BCUT2D eigenvalue weighted by atomic mass is 9.78. The van der Waals surface area contributed by atoms with Crippen molar-refractivity contribution in [2.75, 3.05) is 0 Å². The number of aliphatic hydroxyl groups is 1. The molecule has 0 aromatic heterocycles. The van der Waals surface area contributed by atoms with Gasteiger partial charge < -0.3 is 5.11 Å². The Labute approximate surface area is 110 Å². The Morgan fingerprint density at radius 2 is 2.06 bits per heavy atom. The topological polar surface area (TPSA) is 44.0 Å². The molecule has 1 unspecified atom stereocenters. The third kappa shape index (κ3) is 2.25. The number of benzene rings is 1. The quantitative estimate of drug-likeness (QED) is 0.899. The van der Waals surface area contributed by atoms with Gasteiger partial charge in [0.1, 0.15) is 0 Å². The van der Waals surface area contributed by atoms with Crippen LogP contribution in [0.4, 0.5) is 0 Å². The molecule has 1 atom stereocenters. The molecule has 90 valence electrons. The fourth-order valence-corrected chi connectivity index (χ4v) is 2.86. The van der Waals surface area contributed by atoms with Gasteiger partial charge in [-0.15, -0.1) is 0 Å². The molecule has 2 rings (SSSR count). The van der Waals surface area contributed by atoms with Crippen molar-refractivity contribution in [3.63, 3.8) is 0 Å². The molecule has 1 aromatic carbocycles. The Kier molecular flexibility index (Phi) is 3.56.